The highest BCUT2D eigenvalue weighted by atomic mass is 16.5. The van der Waals surface area contributed by atoms with E-state index in [1.807, 2.05) is 26.8 Å². The minimum atomic E-state index is -0.278. The molecule has 13 heavy (non-hydrogen) atoms. The average Bonchev–Trinajstić information content (AvgIpc) is 2.12. The highest BCUT2D eigenvalue weighted by Gasteiger charge is 2.08. The minimum absolute atomic E-state index is 0.278. The Balaban J connectivity index is 3.46. The van der Waals surface area contributed by atoms with Crippen molar-refractivity contribution in [2.75, 3.05) is 0 Å². The van der Waals surface area contributed by atoms with E-state index in [9.17, 15) is 10.0 Å². The van der Waals surface area contributed by atoms with Gasteiger partial charge in [0.25, 0.3) is 5.56 Å². The first-order chi connectivity index (χ1) is 6.11. The quantitative estimate of drug-likeness (QED) is 0.703. The van der Waals surface area contributed by atoms with E-state index < -0.39 is 0 Å². The highest BCUT2D eigenvalue weighted by Crippen LogP contribution is 2.06. The van der Waals surface area contributed by atoms with Gasteiger partial charge in [-0.15, -0.1) is 0 Å². The second-order valence-electron chi connectivity index (χ2n) is 3.12. The molecule has 1 rings (SSSR count). The summed E-state index contributed by atoms with van der Waals surface area (Å²) in [5.74, 6) is 0. The van der Waals surface area contributed by atoms with Crippen molar-refractivity contribution in [1.29, 1.82) is 0 Å². The van der Waals surface area contributed by atoms with Crippen LogP contribution in [-0.4, -0.2) is 9.94 Å². The molecule has 0 radical (unpaired) electrons. The van der Waals surface area contributed by atoms with Crippen molar-refractivity contribution in [2.24, 2.45) is 0 Å². The van der Waals surface area contributed by atoms with Gasteiger partial charge in [-0.1, -0.05) is 13.8 Å². The number of nitrogens with zero attached hydrogens (tertiary/aromatic N) is 1. The topological polar surface area (TPSA) is 42.2 Å². The Morgan fingerprint density at radius 1 is 1.38 bits per heavy atom. The van der Waals surface area contributed by atoms with Gasteiger partial charge in [-0.05, 0) is 31.4 Å². The van der Waals surface area contributed by atoms with Gasteiger partial charge in [-0.25, -0.2) is 0 Å². The van der Waals surface area contributed by atoms with E-state index in [4.69, 9.17) is 0 Å². The molecule has 0 fully saturated rings. The van der Waals surface area contributed by atoms with Gasteiger partial charge >= 0.3 is 0 Å². The van der Waals surface area contributed by atoms with Crippen molar-refractivity contribution >= 4 is 0 Å². The Bertz CT molecular complexity index is 366. The Morgan fingerprint density at radius 3 is 2.46 bits per heavy atom. The predicted octanol–water partition coefficient (Wildman–Crippen LogP) is 1.52. The Labute approximate surface area is 77.6 Å². The van der Waals surface area contributed by atoms with Crippen LogP contribution in [0.5, 0.6) is 0 Å². The van der Waals surface area contributed by atoms with E-state index in [2.05, 4.69) is 0 Å². The lowest BCUT2D eigenvalue weighted by atomic mass is 10.1. The van der Waals surface area contributed by atoms with Gasteiger partial charge in [0.2, 0.25) is 0 Å². The number of hydrogen-bond donors (Lipinski definition) is 1. The van der Waals surface area contributed by atoms with Crippen LogP contribution in [0.15, 0.2) is 10.9 Å². The van der Waals surface area contributed by atoms with Crippen molar-refractivity contribution in [1.82, 2.24) is 4.73 Å². The maximum atomic E-state index is 11.5. The molecule has 1 heterocycles. The normalized spacial score (nSPS) is 10.4. The lowest BCUT2D eigenvalue weighted by Crippen LogP contribution is -2.25. The fourth-order valence-electron chi connectivity index (χ4n) is 1.51. The lowest BCUT2D eigenvalue weighted by molar-refractivity contribution is 0.164. The molecule has 0 amide bonds. The highest BCUT2D eigenvalue weighted by molar-refractivity contribution is 5.25. The summed E-state index contributed by atoms with van der Waals surface area (Å²) in [5, 5.41) is 9.44. The maximum Gasteiger partial charge on any atom is 0.286 e. The standard InChI is InChI=1S/C10H15NO2/c1-4-8-6-7(3)9(5-2)10(12)11(8)13/h6,13H,4-5H2,1-3H3. The molecule has 1 aromatic heterocycles. The van der Waals surface area contributed by atoms with Crippen LogP contribution in [0.1, 0.15) is 30.7 Å². The van der Waals surface area contributed by atoms with Gasteiger partial charge in [-0.3, -0.25) is 4.79 Å². The van der Waals surface area contributed by atoms with Gasteiger partial charge in [-0.2, -0.15) is 4.73 Å². The molecule has 1 aromatic rings. The van der Waals surface area contributed by atoms with Crippen LogP contribution in [0.25, 0.3) is 0 Å². The van der Waals surface area contributed by atoms with E-state index in [1.165, 1.54) is 0 Å². The van der Waals surface area contributed by atoms with Crippen LogP contribution in [0, 0.1) is 6.92 Å². The first-order valence-corrected chi connectivity index (χ1v) is 4.55. The molecular weight excluding hydrogens is 166 g/mol. The summed E-state index contributed by atoms with van der Waals surface area (Å²) in [4.78, 5) is 11.5. The predicted molar refractivity (Wildman–Crippen MR) is 51.4 cm³/mol. The Kier molecular flexibility index (Phi) is 2.76. The molecular formula is C10H15NO2. The molecule has 0 aliphatic heterocycles. The molecule has 0 aliphatic rings. The number of pyridine rings is 1. The first-order valence-electron chi connectivity index (χ1n) is 4.55. The zero-order chi connectivity index (χ0) is 10.0. The number of aromatic nitrogens is 1. The molecule has 0 saturated heterocycles. The summed E-state index contributed by atoms with van der Waals surface area (Å²) in [6.07, 6.45) is 1.33. The van der Waals surface area contributed by atoms with Crippen LogP contribution in [0.2, 0.25) is 0 Å². The summed E-state index contributed by atoms with van der Waals surface area (Å²) in [5.41, 5.74) is 2.05. The van der Waals surface area contributed by atoms with Gasteiger partial charge in [0.1, 0.15) is 0 Å². The van der Waals surface area contributed by atoms with Crippen LogP contribution >= 0.6 is 0 Å². The zero-order valence-electron chi connectivity index (χ0n) is 8.29. The van der Waals surface area contributed by atoms with E-state index in [1.54, 1.807) is 0 Å². The molecule has 1 N–H and O–H groups in total. The molecule has 0 aliphatic carbocycles. The second-order valence-corrected chi connectivity index (χ2v) is 3.12. The largest absolute Gasteiger partial charge is 0.425 e. The van der Waals surface area contributed by atoms with E-state index in [0.717, 1.165) is 10.3 Å². The van der Waals surface area contributed by atoms with E-state index >= 15 is 0 Å². The molecule has 0 saturated carbocycles. The van der Waals surface area contributed by atoms with Crippen LogP contribution in [0.3, 0.4) is 0 Å². The molecule has 0 spiro atoms. The summed E-state index contributed by atoms with van der Waals surface area (Å²) < 4.78 is 0.756. The van der Waals surface area contributed by atoms with Gasteiger partial charge in [0.05, 0.1) is 5.69 Å². The SMILES string of the molecule is CCc1c(C)cc(CC)n(O)c1=O. The van der Waals surface area contributed by atoms with Crippen molar-refractivity contribution in [3.8, 4) is 0 Å². The summed E-state index contributed by atoms with van der Waals surface area (Å²) in [7, 11) is 0. The third-order valence-corrected chi connectivity index (χ3v) is 2.30. The summed E-state index contributed by atoms with van der Waals surface area (Å²) >= 11 is 0. The van der Waals surface area contributed by atoms with Gasteiger partial charge in [0, 0.05) is 5.56 Å². The molecule has 0 bridgehead atoms. The van der Waals surface area contributed by atoms with Crippen LogP contribution in [-0.2, 0) is 12.8 Å². The third kappa shape index (κ3) is 1.59. The molecule has 3 nitrogen and oxygen atoms in total. The van der Waals surface area contributed by atoms with Crippen molar-refractivity contribution in [2.45, 2.75) is 33.6 Å². The molecule has 0 aromatic carbocycles. The van der Waals surface area contributed by atoms with Crippen molar-refractivity contribution in [3.63, 3.8) is 0 Å². The Hall–Kier alpha value is -1.25. The molecule has 0 atom stereocenters. The molecule has 0 unspecified atom stereocenters. The molecule has 72 valence electrons. The monoisotopic (exact) mass is 181 g/mol. The lowest BCUT2D eigenvalue weighted by Gasteiger charge is -2.08. The van der Waals surface area contributed by atoms with Gasteiger partial charge in [0.15, 0.2) is 0 Å². The maximum absolute atomic E-state index is 11.5. The number of rotatable bonds is 2. The smallest absolute Gasteiger partial charge is 0.286 e. The first kappa shape index (κ1) is 9.84. The number of hydrogen-bond acceptors (Lipinski definition) is 2. The van der Waals surface area contributed by atoms with E-state index in [-0.39, 0.29) is 5.56 Å². The zero-order valence-corrected chi connectivity index (χ0v) is 8.29. The van der Waals surface area contributed by atoms with Crippen LogP contribution in [0.4, 0.5) is 0 Å². The summed E-state index contributed by atoms with van der Waals surface area (Å²) in [6, 6.07) is 1.86. The third-order valence-electron chi connectivity index (χ3n) is 2.30. The fraction of sp³-hybridized carbons (Fsp3) is 0.500. The Morgan fingerprint density at radius 2 is 2.00 bits per heavy atom. The van der Waals surface area contributed by atoms with Crippen LogP contribution < -0.4 is 5.56 Å². The van der Waals surface area contributed by atoms with E-state index in [0.29, 0.717) is 24.1 Å². The fourth-order valence-corrected chi connectivity index (χ4v) is 1.51. The van der Waals surface area contributed by atoms with Gasteiger partial charge < -0.3 is 5.21 Å². The number of aryl methyl sites for hydroxylation is 2. The van der Waals surface area contributed by atoms with Crippen molar-refractivity contribution in [3.05, 3.63) is 33.2 Å². The second kappa shape index (κ2) is 3.64. The summed E-state index contributed by atoms with van der Waals surface area (Å²) in [6.45, 7) is 5.72. The molecule has 3 heteroatoms. The average molecular weight is 181 g/mol. The minimum Gasteiger partial charge on any atom is -0.425 e. The van der Waals surface area contributed by atoms with Crippen molar-refractivity contribution < 1.29 is 5.21 Å².